The number of carbonyl (C=O) groups is 1. The summed E-state index contributed by atoms with van der Waals surface area (Å²) in [5, 5.41) is 4.87. The molecule has 0 saturated heterocycles. The van der Waals surface area contributed by atoms with E-state index >= 15 is 0 Å². The summed E-state index contributed by atoms with van der Waals surface area (Å²) in [5.74, 6) is 0.439. The average molecular weight is 458 g/mol. The molecule has 1 aromatic heterocycles. The van der Waals surface area contributed by atoms with Crippen LogP contribution in [0.25, 0.3) is 10.6 Å². The number of hydrogen-bond donors (Lipinski definition) is 1. The molecule has 0 saturated carbocycles. The minimum Gasteiger partial charge on any atom is -0.490 e. The monoisotopic (exact) mass is 457 g/mol. The van der Waals surface area contributed by atoms with Crippen LogP contribution in [0.4, 0.5) is 0 Å². The first kappa shape index (κ1) is 20.2. The van der Waals surface area contributed by atoms with Crippen molar-refractivity contribution in [2.75, 3.05) is 0 Å². The minimum atomic E-state index is -0.328. The van der Waals surface area contributed by atoms with Gasteiger partial charge in [-0.3, -0.25) is 4.79 Å². The molecule has 28 heavy (non-hydrogen) atoms. The number of nitrogens with one attached hydrogen (secondary N) is 1. The Bertz CT molecular complexity index is 1000. The Morgan fingerprint density at radius 2 is 2.00 bits per heavy atom. The van der Waals surface area contributed by atoms with Gasteiger partial charge in [-0.05, 0) is 60.5 Å². The molecule has 0 unspecified atom stereocenters. The van der Waals surface area contributed by atoms with Crippen molar-refractivity contribution >= 4 is 39.4 Å². The summed E-state index contributed by atoms with van der Waals surface area (Å²) >= 11 is 4.98. The second-order valence-electron chi connectivity index (χ2n) is 6.35. The second-order valence-corrected chi connectivity index (χ2v) is 8.40. The summed E-state index contributed by atoms with van der Waals surface area (Å²) in [6.45, 7) is 5.83. The van der Waals surface area contributed by atoms with Crippen LogP contribution in [0, 0.1) is 6.92 Å². The molecule has 7 heteroatoms. The molecule has 0 bridgehead atoms. The number of carbonyl (C=O) groups excluding carboxylic acids is 1. The third-order valence-corrected chi connectivity index (χ3v) is 5.37. The summed E-state index contributed by atoms with van der Waals surface area (Å²) in [4.78, 5) is 17.8. The van der Waals surface area contributed by atoms with Gasteiger partial charge in [-0.2, -0.15) is 5.10 Å². The quantitative estimate of drug-likeness (QED) is 0.396. The highest BCUT2D eigenvalue weighted by atomic mass is 79.9. The first-order chi connectivity index (χ1) is 13.4. The summed E-state index contributed by atoms with van der Waals surface area (Å²) < 4.78 is 6.52. The van der Waals surface area contributed by atoms with E-state index in [-0.39, 0.29) is 12.0 Å². The number of nitrogens with zero attached hydrogens (tertiary/aromatic N) is 2. The number of thiazole rings is 1. The molecule has 0 atom stereocenters. The van der Waals surface area contributed by atoms with Crippen molar-refractivity contribution in [3.05, 3.63) is 69.1 Å². The van der Waals surface area contributed by atoms with Gasteiger partial charge in [0.15, 0.2) is 0 Å². The van der Waals surface area contributed by atoms with E-state index in [1.165, 1.54) is 11.3 Å². The Labute approximate surface area is 176 Å². The fourth-order valence-corrected chi connectivity index (χ4v) is 3.88. The van der Waals surface area contributed by atoms with Gasteiger partial charge in [-0.25, -0.2) is 10.4 Å². The van der Waals surface area contributed by atoms with Crippen molar-refractivity contribution in [2.24, 2.45) is 5.10 Å². The summed E-state index contributed by atoms with van der Waals surface area (Å²) in [6.07, 6.45) is 1.68. The van der Waals surface area contributed by atoms with Crippen LogP contribution in [-0.2, 0) is 0 Å². The van der Waals surface area contributed by atoms with Gasteiger partial charge in [0.05, 0.1) is 16.8 Å². The maximum atomic E-state index is 12.4. The van der Waals surface area contributed by atoms with E-state index in [1.807, 2.05) is 69.3 Å². The highest BCUT2D eigenvalue weighted by molar-refractivity contribution is 9.10. The number of aromatic nitrogens is 1. The molecule has 0 fully saturated rings. The van der Waals surface area contributed by atoms with Gasteiger partial charge in [0.25, 0.3) is 5.91 Å². The first-order valence-electron chi connectivity index (χ1n) is 8.76. The number of halogens is 1. The van der Waals surface area contributed by atoms with Crippen LogP contribution in [-0.4, -0.2) is 23.2 Å². The smallest absolute Gasteiger partial charge is 0.291 e. The molecule has 0 aliphatic carbocycles. The highest BCUT2D eigenvalue weighted by Crippen LogP contribution is 2.28. The molecular formula is C21H20BrN3O2S. The molecule has 1 heterocycles. The standard InChI is InChI=1S/C21H20BrN3O2S/c1-13(2)27-18-10-9-15(11-17(18)22)12-23-25-20(26)19-14(3)28-21(24-19)16-7-5-4-6-8-16/h4-13H,1-3H3,(H,25,26)/b23-12-. The van der Waals surface area contributed by atoms with E-state index in [4.69, 9.17) is 4.74 Å². The maximum absolute atomic E-state index is 12.4. The zero-order valence-corrected chi connectivity index (χ0v) is 18.2. The topological polar surface area (TPSA) is 63.6 Å². The molecule has 144 valence electrons. The normalized spacial score (nSPS) is 11.2. The Morgan fingerprint density at radius 1 is 1.25 bits per heavy atom. The number of amides is 1. The van der Waals surface area contributed by atoms with Gasteiger partial charge in [-0.1, -0.05) is 30.3 Å². The highest BCUT2D eigenvalue weighted by Gasteiger charge is 2.15. The van der Waals surface area contributed by atoms with Crippen molar-refractivity contribution in [3.8, 4) is 16.3 Å². The van der Waals surface area contributed by atoms with Gasteiger partial charge in [0.1, 0.15) is 16.5 Å². The molecule has 0 aliphatic rings. The molecule has 1 N–H and O–H groups in total. The molecular weight excluding hydrogens is 438 g/mol. The van der Waals surface area contributed by atoms with Gasteiger partial charge >= 0.3 is 0 Å². The fraction of sp³-hybridized carbons (Fsp3) is 0.190. The Morgan fingerprint density at radius 3 is 2.68 bits per heavy atom. The summed E-state index contributed by atoms with van der Waals surface area (Å²) in [5.41, 5.74) is 4.77. The fourth-order valence-electron chi connectivity index (χ4n) is 2.48. The predicted molar refractivity (Wildman–Crippen MR) is 117 cm³/mol. The third kappa shape index (κ3) is 5.05. The lowest BCUT2D eigenvalue weighted by Crippen LogP contribution is -2.19. The Kier molecular flexibility index (Phi) is 6.59. The van der Waals surface area contributed by atoms with Crippen molar-refractivity contribution in [2.45, 2.75) is 26.9 Å². The van der Waals surface area contributed by atoms with E-state index in [0.717, 1.165) is 31.2 Å². The van der Waals surface area contributed by atoms with Crippen LogP contribution in [0.3, 0.4) is 0 Å². The van der Waals surface area contributed by atoms with Crippen LogP contribution in [0.1, 0.15) is 34.8 Å². The zero-order chi connectivity index (χ0) is 20.1. The average Bonchev–Trinajstić information content (AvgIpc) is 3.06. The van der Waals surface area contributed by atoms with E-state index in [0.29, 0.717) is 5.69 Å². The first-order valence-corrected chi connectivity index (χ1v) is 10.4. The number of hydrogen-bond acceptors (Lipinski definition) is 5. The Balaban J connectivity index is 1.67. The van der Waals surface area contributed by atoms with Crippen molar-refractivity contribution in [3.63, 3.8) is 0 Å². The molecule has 1 amide bonds. The lowest BCUT2D eigenvalue weighted by Gasteiger charge is -2.11. The van der Waals surface area contributed by atoms with Crippen molar-refractivity contribution < 1.29 is 9.53 Å². The van der Waals surface area contributed by atoms with Gasteiger partial charge in [0, 0.05) is 10.4 Å². The van der Waals surface area contributed by atoms with Crippen LogP contribution in [0.2, 0.25) is 0 Å². The van der Waals surface area contributed by atoms with Gasteiger partial charge in [-0.15, -0.1) is 11.3 Å². The van der Waals surface area contributed by atoms with Crippen LogP contribution in [0.15, 0.2) is 58.1 Å². The molecule has 3 aromatic rings. The molecule has 0 spiro atoms. The molecule has 0 radical (unpaired) electrons. The largest absolute Gasteiger partial charge is 0.490 e. The van der Waals surface area contributed by atoms with Crippen molar-refractivity contribution in [1.29, 1.82) is 0 Å². The number of rotatable bonds is 6. The number of ether oxygens (including phenoxy) is 1. The van der Waals surface area contributed by atoms with Crippen LogP contribution < -0.4 is 10.2 Å². The van der Waals surface area contributed by atoms with Gasteiger partial charge in [0.2, 0.25) is 0 Å². The third-order valence-electron chi connectivity index (χ3n) is 3.73. The molecule has 5 nitrogen and oxygen atoms in total. The number of aryl methyl sites for hydroxylation is 1. The van der Waals surface area contributed by atoms with Crippen molar-refractivity contribution in [1.82, 2.24) is 10.4 Å². The molecule has 3 rings (SSSR count). The molecule has 0 aliphatic heterocycles. The number of benzene rings is 2. The van der Waals surface area contributed by atoms with Crippen LogP contribution in [0.5, 0.6) is 5.75 Å². The summed E-state index contributed by atoms with van der Waals surface area (Å²) in [6, 6.07) is 15.4. The van der Waals surface area contributed by atoms with E-state index in [2.05, 4.69) is 31.4 Å². The molecule has 2 aromatic carbocycles. The SMILES string of the molecule is Cc1sc(-c2ccccc2)nc1C(=O)N/N=C\c1ccc(OC(C)C)c(Br)c1. The zero-order valence-electron chi connectivity index (χ0n) is 15.8. The maximum Gasteiger partial charge on any atom is 0.291 e. The summed E-state index contributed by atoms with van der Waals surface area (Å²) in [7, 11) is 0. The van der Waals surface area contributed by atoms with E-state index in [9.17, 15) is 4.79 Å². The van der Waals surface area contributed by atoms with Gasteiger partial charge < -0.3 is 4.74 Å². The second kappa shape index (κ2) is 9.12. The lowest BCUT2D eigenvalue weighted by atomic mass is 10.2. The Hall–Kier alpha value is -2.51. The minimum absolute atomic E-state index is 0.0947. The van der Waals surface area contributed by atoms with E-state index < -0.39 is 0 Å². The number of hydrazone groups is 1. The predicted octanol–water partition coefficient (Wildman–Crippen LogP) is 5.43. The van der Waals surface area contributed by atoms with Crippen LogP contribution >= 0.6 is 27.3 Å². The van der Waals surface area contributed by atoms with E-state index in [1.54, 1.807) is 6.21 Å². The lowest BCUT2D eigenvalue weighted by molar-refractivity contribution is 0.0950.